The van der Waals surface area contributed by atoms with Crippen LogP contribution in [0.2, 0.25) is 0 Å². The molecule has 0 saturated heterocycles. The fourth-order valence-electron chi connectivity index (χ4n) is 2.71. The minimum Gasteiger partial charge on any atom is -0.459 e. The van der Waals surface area contributed by atoms with Crippen LogP contribution in [0.4, 0.5) is 18.9 Å². The van der Waals surface area contributed by atoms with E-state index in [-0.39, 0.29) is 35.0 Å². The van der Waals surface area contributed by atoms with E-state index in [9.17, 15) is 31.2 Å². The SMILES string of the molecule is O=C(NCCNC(=O)c1ccco1)c1ccc(S(=O)(=O)Nc2cccc(C(F)(F)F)c2)cc1. The number of amides is 2. The van der Waals surface area contributed by atoms with E-state index in [4.69, 9.17) is 4.42 Å². The van der Waals surface area contributed by atoms with Crippen LogP contribution in [0, 0.1) is 0 Å². The maximum atomic E-state index is 12.8. The van der Waals surface area contributed by atoms with E-state index >= 15 is 0 Å². The van der Waals surface area contributed by atoms with E-state index in [1.807, 2.05) is 0 Å². The van der Waals surface area contributed by atoms with Gasteiger partial charge in [-0.25, -0.2) is 8.42 Å². The zero-order chi connectivity index (χ0) is 24.1. The standard InChI is InChI=1S/C21H18F3N3O5S/c22-21(23,24)15-3-1-4-16(13-15)27-33(30,31)17-8-6-14(7-9-17)19(28)25-10-11-26-20(29)18-5-2-12-32-18/h1-9,12-13,27H,10-11H2,(H,25,28)(H,26,29). The monoisotopic (exact) mass is 481 g/mol. The summed E-state index contributed by atoms with van der Waals surface area (Å²) in [6.45, 7) is 0.251. The van der Waals surface area contributed by atoms with Gasteiger partial charge in [-0.05, 0) is 54.6 Å². The number of sulfonamides is 1. The van der Waals surface area contributed by atoms with E-state index in [2.05, 4.69) is 15.4 Å². The smallest absolute Gasteiger partial charge is 0.416 e. The first-order valence-electron chi connectivity index (χ1n) is 9.46. The fourth-order valence-corrected chi connectivity index (χ4v) is 3.76. The predicted molar refractivity (Wildman–Crippen MR) is 112 cm³/mol. The zero-order valence-corrected chi connectivity index (χ0v) is 17.7. The van der Waals surface area contributed by atoms with Crippen molar-refractivity contribution in [2.75, 3.05) is 17.8 Å². The number of nitrogens with one attached hydrogen (secondary N) is 3. The maximum absolute atomic E-state index is 12.8. The normalized spacial score (nSPS) is 11.6. The molecule has 1 aromatic heterocycles. The van der Waals surface area contributed by atoms with E-state index in [0.717, 1.165) is 24.3 Å². The van der Waals surface area contributed by atoms with Crippen LogP contribution in [-0.4, -0.2) is 33.3 Å². The number of furan rings is 1. The number of carbonyl (C=O) groups is 2. The third-order valence-electron chi connectivity index (χ3n) is 4.31. The summed E-state index contributed by atoms with van der Waals surface area (Å²) in [5.41, 5.74) is -1.08. The summed E-state index contributed by atoms with van der Waals surface area (Å²) in [6, 6.07) is 11.7. The second-order valence-corrected chi connectivity index (χ2v) is 8.38. The van der Waals surface area contributed by atoms with Gasteiger partial charge in [0.1, 0.15) is 0 Å². The van der Waals surface area contributed by atoms with Crippen LogP contribution in [0.1, 0.15) is 26.5 Å². The molecule has 3 N–H and O–H groups in total. The first-order chi connectivity index (χ1) is 15.6. The number of hydrogen-bond acceptors (Lipinski definition) is 5. The van der Waals surface area contributed by atoms with Crippen molar-refractivity contribution in [2.24, 2.45) is 0 Å². The molecule has 3 aromatic rings. The van der Waals surface area contributed by atoms with E-state index in [0.29, 0.717) is 6.07 Å². The van der Waals surface area contributed by atoms with Gasteiger partial charge in [-0.3, -0.25) is 14.3 Å². The van der Waals surface area contributed by atoms with E-state index < -0.39 is 33.6 Å². The van der Waals surface area contributed by atoms with E-state index in [1.54, 1.807) is 6.07 Å². The van der Waals surface area contributed by atoms with Crippen molar-refractivity contribution < 1.29 is 35.6 Å². The molecule has 33 heavy (non-hydrogen) atoms. The molecule has 0 aliphatic rings. The minimum absolute atomic E-state index is 0.114. The first kappa shape index (κ1) is 23.9. The summed E-state index contributed by atoms with van der Waals surface area (Å²) in [5.74, 6) is -0.800. The second-order valence-electron chi connectivity index (χ2n) is 6.70. The Labute approximate surface area is 186 Å². The third kappa shape index (κ3) is 6.35. The number of rotatable bonds is 8. The van der Waals surface area contributed by atoms with Crippen LogP contribution in [0.5, 0.6) is 0 Å². The van der Waals surface area contributed by atoms with Crippen LogP contribution in [-0.2, 0) is 16.2 Å². The Kier molecular flexibility index (Phi) is 7.07. The van der Waals surface area contributed by atoms with Gasteiger partial charge in [0, 0.05) is 24.3 Å². The second kappa shape index (κ2) is 9.77. The lowest BCUT2D eigenvalue weighted by Gasteiger charge is -2.12. The number of carbonyl (C=O) groups excluding carboxylic acids is 2. The van der Waals surface area contributed by atoms with Gasteiger partial charge in [0.25, 0.3) is 21.8 Å². The molecule has 12 heteroatoms. The maximum Gasteiger partial charge on any atom is 0.416 e. The van der Waals surface area contributed by atoms with Crippen molar-refractivity contribution in [3.8, 4) is 0 Å². The molecule has 0 aliphatic heterocycles. The lowest BCUT2D eigenvalue weighted by molar-refractivity contribution is -0.137. The summed E-state index contributed by atoms with van der Waals surface area (Å²) in [4.78, 5) is 23.7. The Balaban J connectivity index is 1.56. The topological polar surface area (TPSA) is 118 Å². The molecule has 1 heterocycles. The number of anilines is 1. The van der Waals surface area contributed by atoms with Crippen molar-refractivity contribution in [1.29, 1.82) is 0 Å². The molecule has 174 valence electrons. The summed E-state index contributed by atoms with van der Waals surface area (Å²) in [7, 11) is -4.18. The molecule has 3 rings (SSSR count). The summed E-state index contributed by atoms with van der Waals surface area (Å²) >= 11 is 0. The van der Waals surface area contributed by atoms with Gasteiger partial charge in [-0.1, -0.05) is 6.07 Å². The third-order valence-corrected chi connectivity index (χ3v) is 5.71. The van der Waals surface area contributed by atoms with Gasteiger partial charge in [-0.15, -0.1) is 0 Å². The lowest BCUT2D eigenvalue weighted by Crippen LogP contribution is -2.34. The van der Waals surface area contributed by atoms with Gasteiger partial charge in [-0.2, -0.15) is 13.2 Å². The molecule has 0 spiro atoms. The van der Waals surface area contributed by atoms with Crippen molar-refractivity contribution in [2.45, 2.75) is 11.1 Å². The number of alkyl halides is 3. The predicted octanol–water partition coefficient (Wildman–Crippen LogP) is 3.26. The van der Waals surface area contributed by atoms with Crippen molar-refractivity contribution in [1.82, 2.24) is 10.6 Å². The Bertz CT molecular complexity index is 1220. The number of benzene rings is 2. The summed E-state index contributed by atoms with van der Waals surface area (Å²) < 4.78 is 70.4. The molecular formula is C21H18F3N3O5S. The highest BCUT2D eigenvalue weighted by Crippen LogP contribution is 2.31. The first-order valence-corrected chi connectivity index (χ1v) is 10.9. The van der Waals surface area contributed by atoms with Gasteiger partial charge in [0.05, 0.1) is 16.7 Å². The highest BCUT2D eigenvalue weighted by atomic mass is 32.2. The average Bonchev–Trinajstić information content (AvgIpc) is 3.31. The minimum atomic E-state index is -4.61. The molecular weight excluding hydrogens is 463 g/mol. The van der Waals surface area contributed by atoms with Crippen LogP contribution in [0.15, 0.2) is 76.2 Å². The van der Waals surface area contributed by atoms with E-state index in [1.165, 1.54) is 30.5 Å². The number of halogens is 3. The van der Waals surface area contributed by atoms with Gasteiger partial charge >= 0.3 is 6.18 Å². The Morgan fingerprint density at radius 2 is 1.55 bits per heavy atom. The molecule has 0 radical (unpaired) electrons. The molecule has 8 nitrogen and oxygen atoms in total. The van der Waals surface area contributed by atoms with Gasteiger partial charge in [0.15, 0.2) is 5.76 Å². The molecule has 0 unspecified atom stereocenters. The highest BCUT2D eigenvalue weighted by molar-refractivity contribution is 7.92. The molecule has 0 aliphatic carbocycles. The molecule has 0 bridgehead atoms. The average molecular weight is 481 g/mol. The van der Waals surface area contributed by atoms with Gasteiger partial charge < -0.3 is 15.1 Å². The molecule has 2 amide bonds. The van der Waals surface area contributed by atoms with Crippen molar-refractivity contribution >= 4 is 27.5 Å². The number of hydrogen-bond donors (Lipinski definition) is 3. The molecule has 0 saturated carbocycles. The van der Waals surface area contributed by atoms with Crippen LogP contribution in [0.25, 0.3) is 0 Å². The van der Waals surface area contributed by atoms with Crippen molar-refractivity contribution in [3.05, 3.63) is 83.8 Å². The summed E-state index contributed by atoms with van der Waals surface area (Å²) in [5, 5.41) is 5.11. The van der Waals surface area contributed by atoms with Crippen molar-refractivity contribution in [3.63, 3.8) is 0 Å². The Hall–Kier alpha value is -3.80. The quantitative estimate of drug-likeness (QED) is 0.427. The lowest BCUT2D eigenvalue weighted by atomic mass is 10.2. The highest BCUT2D eigenvalue weighted by Gasteiger charge is 2.30. The fraction of sp³-hybridized carbons (Fsp3) is 0.143. The largest absolute Gasteiger partial charge is 0.459 e. The molecule has 0 atom stereocenters. The van der Waals surface area contributed by atoms with Crippen LogP contribution < -0.4 is 15.4 Å². The Morgan fingerprint density at radius 3 is 2.15 bits per heavy atom. The molecule has 2 aromatic carbocycles. The summed E-state index contributed by atoms with van der Waals surface area (Å²) in [6.07, 6.45) is -3.26. The zero-order valence-electron chi connectivity index (χ0n) is 16.8. The van der Waals surface area contributed by atoms with Gasteiger partial charge in [0.2, 0.25) is 0 Å². The van der Waals surface area contributed by atoms with Crippen LogP contribution >= 0.6 is 0 Å². The molecule has 0 fully saturated rings. The Morgan fingerprint density at radius 1 is 0.879 bits per heavy atom. The van der Waals surface area contributed by atoms with Crippen LogP contribution in [0.3, 0.4) is 0 Å².